The lowest BCUT2D eigenvalue weighted by atomic mass is 9.89. The Morgan fingerprint density at radius 2 is 1.71 bits per heavy atom. The van der Waals surface area contributed by atoms with Crippen LogP contribution in [-0.2, 0) is 4.79 Å². The second-order valence-corrected chi connectivity index (χ2v) is 8.10. The fourth-order valence-corrected chi connectivity index (χ4v) is 4.95. The quantitative estimate of drug-likeness (QED) is 0.856. The van der Waals surface area contributed by atoms with Gasteiger partial charge in [-0.3, -0.25) is 9.59 Å². The van der Waals surface area contributed by atoms with Crippen LogP contribution >= 0.6 is 0 Å². The first-order valence-electron chi connectivity index (χ1n) is 9.80. The van der Waals surface area contributed by atoms with Gasteiger partial charge in [-0.05, 0) is 49.4 Å². The van der Waals surface area contributed by atoms with Crippen LogP contribution in [0.15, 0.2) is 18.2 Å². The summed E-state index contributed by atoms with van der Waals surface area (Å²) in [5, 5.41) is 0. The minimum atomic E-state index is -2.55. The number of likely N-dealkylation sites (tertiary alicyclic amines) is 1. The lowest BCUT2D eigenvalue weighted by molar-refractivity contribution is -0.123. The van der Waals surface area contributed by atoms with Gasteiger partial charge >= 0.3 is 0 Å². The van der Waals surface area contributed by atoms with E-state index in [1.54, 1.807) is 0 Å². The van der Waals surface area contributed by atoms with Crippen LogP contribution in [0, 0.1) is 5.82 Å². The van der Waals surface area contributed by atoms with Crippen LogP contribution in [0.1, 0.15) is 60.5 Å². The maximum atomic E-state index is 13.7. The molecule has 1 unspecified atom stereocenters. The van der Waals surface area contributed by atoms with Gasteiger partial charge < -0.3 is 15.5 Å². The van der Waals surface area contributed by atoms with Gasteiger partial charge in [-0.1, -0.05) is 0 Å². The molecule has 1 saturated carbocycles. The van der Waals surface area contributed by atoms with Crippen molar-refractivity contribution in [1.29, 1.82) is 0 Å². The second kappa shape index (κ2) is 7.06. The largest absolute Gasteiger partial charge is 0.368 e. The van der Waals surface area contributed by atoms with Gasteiger partial charge in [0.05, 0.1) is 0 Å². The van der Waals surface area contributed by atoms with Gasteiger partial charge in [-0.2, -0.15) is 0 Å². The lowest BCUT2D eigenvalue weighted by Crippen LogP contribution is -2.51. The molecule has 5 nitrogen and oxygen atoms in total. The van der Waals surface area contributed by atoms with Gasteiger partial charge in [0.15, 0.2) is 0 Å². The summed E-state index contributed by atoms with van der Waals surface area (Å²) in [6, 6.07) is 2.83. The number of carbonyl (C=O) groups excluding carboxylic acids is 2. The van der Waals surface area contributed by atoms with Crippen molar-refractivity contribution in [3.8, 4) is 0 Å². The Labute approximate surface area is 161 Å². The van der Waals surface area contributed by atoms with E-state index in [-0.39, 0.29) is 30.8 Å². The lowest BCUT2D eigenvalue weighted by Gasteiger charge is -2.43. The van der Waals surface area contributed by atoms with Gasteiger partial charge in [0, 0.05) is 43.6 Å². The van der Waals surface area contributed by atoms with Crippen molar-refractivity contribution in [2.45, 2.75) is 62.6 Å². The molecule has 1 aromatic rings. The Hall–Kier alpha value is -2.09. The van der Waals surface area contributed by atoms with Crippen LogP contribution in [0.3, 0.4) is 0 Å². The maximum Gasteiger partial charge on any atom is 0.255 e. The molecular weight excluding hydrogens is 371 g/mol. The predicted octanol–water partition coefficient (Wildman–Crippen LogP) is 2.85. The zero-order valence-corrected chi connectivity index (χ0v) is 15.5. The summed E-state index contributed by atoms with van der Waals surface area (Å²) in [6.07, 6.45) is 2.08. The van der Waals surface area contributed by atoms with E-state index in [0.29, 0.717) is 49.9 Å². The van der Waals surface area contributed by atoms with E-state index in [1.807, 2.05) is 0 Å². The molecule has 1 saturated heterocycles. The number of hydrogen-bond donors (Lipinski definition) is 1. The Morgan fingerprint density at radius 1 is 1.07 bits per heavy atom. The Bertz CT molecular complexity index is 783. The van der Waals surface area contributed by atoms with E-state index in [9.17, 15) is 22.8 Å². The highest BCUT2D eigenvalue weighted by Gasteiger charge is 2.45. The summed E-state index contributed by atoms with van der Waals surface area (Å²) in [5.41, 5.74) is 6.20. The molecule has 2 amide bonds. The minimum Gasteiger partial charge on any atom is -0.368 e. The number of primary amides is 1. The van der Waals surface area contributed by atoms with Gasteiger partial charge in [0.2, 0.25) is 11.8 Å². The first-order valence-corrected chi connectivity index (χ1v) is 9.80. The van der Waals surface area contributed by atoms with E-state index in [2.05, 4.69) is 4.90 Å². The molecule has 28 heavy (non-hydrogen) atoms. The summed E-state index contributed by atoms with van der Waals surface area (Å²) >= 11 is 0. The maximum absolute atomic E-state index is 13.7. The molecular formula is C20H24F3N3O2. The fourth-order valence-electron chi connectivity index (χ4n) is 4.95. The number of carbonyl (C=O) groups is 2. The Morgan fingerprint density at radius 3 is 2.32 bits per heavy atom. The van der Waals surface area contributed by atoms with Crippen molar-refractivity contribution in [2.24, 2.45) is 5.73 Å². The molecule has 0 aromatic heterocycles. The van der Waals surface area contributed by atoms with Crippen molar-refractivity contribution >= 4 is 11.8 Å². The molecule has 1 atom stereocenters. The third-order valence-corrected chi connectivity index (χ3v) is 6.42. The summed E-state index contributed by atoms with van der Waals surface area (Å²) in [6.45, 7) is 1.36. The number of halogens is 3. The van der Waals surface area contributed by atoms with Crippen LogP contribution in [0.2, 0.25) is 0 Å². The molecule has 0 spiro atoms. The van der Waals surface area contributed by atoms with Gasteiger partial charge in [0.25, 0.3) is 5.91 Å². The molecule has 8 heteroatoms. The zero-order chi connectivity index (χ0) is 20.1. The molecule has 2 aliphatic heterocycles. The first kappa shape index (κ1) is 19.2. The van der Waals surface area contributed by atoms with Crippen LogP contribution in [0.25, 0.3) is 0 Å². The van der Waals surface area contributed by atoms with Crippen LogP contribution in [0.5, 0.6) is 0 Å². The third-order valence-electron chi connectivity index (χ3n) is 6.42. The second-order valence-electron chi connectivity index (χ2n) is 8.10. The molecule has 3 aliphatic rings. The normalized spacial score (nSPS) is 26.5. The van der Waals surface area contributed by atoms with Crippen molar-refractivity contribution in [3.63, 3.8) is 0 Å². The molecule has 1 aromatic carbocycles. The molecule has 4 rings (SSSR count). The third kappa shape index (κ3) is 3.38. The van der Waals surface area contributed by atoms with Crippen molar-refractivity contribution in [2.75, 3.05) is 13.1 Å². The summed E-state index contributed by atoms with van der Waals surface area (Å²) in [5.74, 6) is -4.03. The number of nitrogens with zero attached hydrogens (tertiary/aromatic N) is 2. The summed E-state index contributed by atoms with van der Waals surface area (Å²) in [7, 11) is 0. The number of benzene rings is 1. The average Bonchev–Trinajstić information content (AvgIpc) is 2.94. The minimum absolute atomic E-state index is 0.0766. The molecule has 2 heterocycles. The average molecular weight is 395 g/mol. The van der Waals surface area contributed by atoms with Crippen LogP contribution < -0.4 is 5.73 Å². The first-order chi connectivity index (χ1) is 13.3. The van der Waals surface area contributed by atoms with Gasteiger partial charge in [-0.15, -0.1) is 0 Å². The fraction of sp³-hybridized carbons (Fsp3) is 0.600. The molecule has 152 valence electrons. The molecule has 0 radical (unpaired) electrons. The summed E-state index contributed by atoms with van der Waals surface area (Å²) < 4.78 is 40.5. The molecule has 2 N–H and O–H groups in total. The number of piperidine rings is 1. The SMILES string of the molecule is NC(=O)C1c2cc(F)ccc2C(=O)N1C1CCN(C2CCC(F)(F)CC2)CC1. The summed E-state index contributed by atoms with van der Waals surface area (Å²) in [4.78, 5) is 28.7. The topological polar surface area (TPSA) is 66.6 Å². The molecule has 2 fully saturated rings. The highest BCUT2D eigenvalue weighted by molar-refractivity contribution is 6.04. The number of fused-ring (bicyclic) bond motifs is 1. The van der Waals surface area contributed by atoms with Crippen molar-refractivity contribution in [1.82, 2.24) is 9.80 Å². The zero-order valence-electron chi connectivity index (χ0n) is 15.5. The molecule has 1 aliphatic carbocycles. The Balaban J connectivity index is 1.46. The highest BCUT2D eigenvalue weighted by Crippen LogP contribution is 2.39. The number of hydrogen-bond acceptors (Lipinski definition) is 3. The highest BCUT2D eigenvalue weighted by atomic mass is 19.3. The van der Waals surface area contributed by atoms with E-state index in [4.69, 9.17) is 5.73 Å². The van der Waals surface area contributed by atoms with Crippen molar-refractivity contribution in [3.05, 3.63) is 35.1 Å². The van der Waals surface area contributed by atoms with Crippen LogP contribution in [0.4, 0.5) is 13.2 Å². The van der Waals surface area contributed by atoms with E-state index in [1.165, 1.54) is 23.1 Å². The number of nitrogens with two attached hydrogens (primary N) is 1. The van der Waals surface area contributed by atoms with E-state index in [0.717, 1.165) is 0 Å². The smallest absolute Gasteiger partial charge is 0.255 e. The predicted molar refractivity (Wildman–Crippen MR) is 96.3 cm³/mol. The number of rotatable bonds is 3. The standard InChI is InChI=1S/C20H24F3N3O2/c21-12-1-2-15-16(11-12)17(18(24)27)26(19(15)28)14-5-9-25(10-6-14)13-3-7-20(22,23)8-4-13/h1-2,11,13-14,17H,3-10H2,(H2,24,27). The van der Waals surface area contributed by atoms with Crippen LogP contribution in [-0.4, -0.2) is 52.7 Å². The van der Waals surface area contributed by atoms with E-state index >= 15 is 0 Å². The molecule has 0 bridgehead atoms. The number of alkyl halides is 2. The van der Waals surface area contributed by atoms with Crippen molar-refractivity contribution < 1.29 is 22.8 Å². The monoisotopic (exact) mass is 395 g/mol. The number of amides is 2. The Kier molecular flexibility index (Phi) is 4.85. The van der Waals surface area contributed by atoms with Gasteiger partial charge in [0.1, 0.15) is 11.9 Å². The van der Waals surface area contributed by atoms with E-state index < -0.39 is 23.7 Å². The van der Waals surface area contributed by atoms with Gasteiger partial charge in [-0.25, -0.2) is 13.2 Å².